The maximum Gasteiger partial charge on any atom is 0.448 e. The molecular formula is C15H30B2Br2O4S2. The molecule has 0 saturated heterocycles. The molecule has 0 amide bonds. The Labute approximate surface area is 178 Å². The van der Waals surface area contributed by atoms with Gasteiger partial charge in [0.2, 0.25) is 0 Å². The largest absolute Gasteiger partial charge is 0.448 e. The van der Waals surface area contributed by atoms with Crippen molar-refractivity contribution in [2.45, 2.75) is 41.8 Å². The van der Waals surface area contributed by atoms with Crippen LogP contribution >= 0.6 is 54.5 Å². The number of hydrogen-bond donors (Lipinski definition) is 4. The van der Waals surface area contributed by atoms with Crippen LogP contribution in [0.2, 0.25) is 13.6 Å². The van der Waals surface area contributed by atoms with E-state index < -0.39 is 14.2 Å². The third-order valence-corrected chi connectivity index (χ3v) is 4.90. The van der Waals surface area contributed by atoms with Crippen molar-refractivity contribution in [2.75, 3.05) is 5.83 Å². The summed E-state index contributed by atoms with van der Waals surface area (Å²) in [5.74, 6) is 1.81. The van der Waals surface area contributed by atoms with E-state index in [1.54, 1.807) is 22.7 Å². The summed E-state index contributed by atoms with van der Waals surface area (Å²) in [5.41, 5.74) is 4.14. The molecule has 0 radical (unpaired) electrons. The lowest BCUT2D eigenvalue weighted by molar-refractivity contribution is 0.415. The zero-order chi connectivity index (χ0) is 19.7. The zero-order valence-corrected chi connectivity index (χ0v) is 19.6. The van der Waals surface area contributed by atoms with Gasteiger partial charge in [0.15, 0.2) is 0 Å². The van der Waals surface area contributed by atoms with E-state index in [0.29, 0.717) is 0 Å². The quantitative estimate of drug-likeness (QED) is 0.291. The predicted molar refractivity (Wildman–Crippen MR) is 124 cm³/mol. The van der Waals surface area contributed by atoms with Gasteiger partial charge in [0.05, 0.1) is 0 Å². The van der Waals surface area contributed by atoms with E-state index in [-0.39, 0.29) is 7.43 Å². The van der Waals surface area contributed by atoms with Gasteiger partial charge in [-0.3, -0.25) is 0 Å². The first-order valence-electron chi connectivity index (χ1n) is 6.85. The number of aryl methyl sites for hydroxylation is 3. The predicted octanol–water partition coefficient (Wildman–Crippen LogP) is 5.01. The standard InChI is InChI=1S/C6H8S.C5H5BrS.2CH5BO2.CH3Br.CH4/c1-5-3-7-4-6(5)2;1-4-2-7-3-5(4)6;2*1-2(3)4;1-2;/h3-4H,1-2H3;2-3H,1H3;2*3-4H,1H3;1H3;1H4. The number of alkyl halides is 1. The van der Waals surface area contributed by atoms with E-state index in [0.717, 1.165) is 0 Å². The first-order valence-corrected chi connectivity index (χ1v) is 11.1. The minimum atomic E-state index is -1.17. The molecule has 0 aliphatic carbocycles. The molecule has 0 fully saturated rings. The Morgan fingerprint density at radius 1 is 0.720 bits per heavy atom. The molecule has 25 heavy (non-hydrogen) atoms. The molecule has 2 aromatic heterocycles. The highest BCUT2D eigenvalue weighted by Crippen LogP contribution is 2.19. The molecule has 0 aliphatic heterocycles. The molecule has 2 rings (SSSR count). The molecule has 0 saturated carbocycles. The third kappa shape index (κ3) is 29.4. The Balaban J connectivity index is -0.000000116. The fourth-order valence-corrected chi connectivity index (χ4v) is 2.91. The molecular weight excluding hydrogens is 490 g/mol. The fourth-order valence-electron chi connectivity index (χ4n) is 0.769. The van der Waals surface area contributed by atoms with Gasteiger partial charge in [0.1, 0.15) is 0 Å². The first-order chi connectivity index (χ1) is 11.1. The summed E-state index contributed by atoms with van der Waals surface area (Å²) in [6.45, 7) is 8.90. The van der Waals surface area contributed by atoms with Gasteiger partial charge in [-0.15, -0.1) is 0 Å². The molecule has 146 valence electrons. The van der Waals surface area contributed by atoms with Crippen LogP contribution in [-0.2, 0) is 0 Å². The van der Waals surface area contributed by atoms with Crippen molar-refractivity contribution >= 4 is 68.8 Å². The molecule has 2 heterocycles. The van der Waals surface area contributed by atoms with Gasteiger partial charge in [0.25, 0.3) is 0 Å². The Morgan fingerprint density at radius 2 is 0.960 bits per heavy atom. The van der Waals surface area contributed by atoms with Gasteiger partial charge in [-0.05, 0) is 89.0 Å². The topological polar surface area (TPSA) is 80.9 Å². The number of rotatable bonds is 0. The van der Waals surface area contributed by atoms with E-state index in [9.17, 15) is 0 Å². The number of hydrogen-bond acceptors (Lipinski definition) is 6. The van der Waals surface area contributed by atoms with Crippen LogP contribution in [0.1, 0.15) is 24.1 Å². The summed E-state index contributed by atoms with van der Waals surface area (Å²) in [7, 11) is -2.33. The monoisotopic (exact) mass is 518 g/mol. The lowest BCUT2D eigenvalue weighted by atomic mass is 9.99. The summed E-state index contributed by atoms with van der Waals surface area (Å²) in [6.07, 6.45) is 0. The Morgan fingerprint density at radius 3 is 1.04 bits per heavy atom. The lowest BCUT2D eigenvalue weighted by Gasteiger charge is -1.79. The van der Waals surface area contributed by atoms with Gasteiger partial charge in [0, 0.05) is 9.85 Å². The third-order valence-electron chi connectivity index (χ3n) is 1.90. The van der Waals surface area contributed by atoms with Gasteiger partial charge in [-0.2, -0.15) is 22.7 Å². The second-order valence-corrected chi connectivity index (χ2v) is 6.75. The van der Waals surface area contributed by atoms with Crippen LogP contribution in [0.3, 0.4) is 0 Å². The molecule has 0 unspecified atom stereocenters. The van der Waals surface area contributed by atoms with Crippen molar-refractivity contribution in [3.8, 4) is 0 Å². The normalized spacial score (nSPS) is 7.68. The summed E-state index contributed by atoms with van der Waals surface area (Å²) in [5, 5.41) is 39.0. The van der Waals surface area contributed by atoms with Crippen molar-refractivity contribution in [2.24, 2.45) is 0 Å². The summed E-state index contributed by atoms with van der Waals surface area (Å²) in [4.78, 5) is 0. The molecule has 4 N–H and O–H groups in total. The van der Waals surface area contributed by atoms with Crippen LogP contribution < -0.4 is 0 Å². The minimum Gasteiger partial charge on any atom is -0.427 e. The average molecular weight is 520 g/mol. The van der Waals surface area contributed by atoms with Crippen molar-refractivity contribution in [3.05, 3.63) is 42.7 Å². The van der Waals surface area contributed by atoms with Crippen LogP contribution in [0.15, 0.2) is 26.0 Å². The van der Waals surface area contributed by atoms with Crippen molar-refractivity contribution in [1.29, 1.82) is 0 Å². The van der Waals surface area contributed by atoms with Gasteiger partial charge < -0.3 is 20.1 Å². The van der Waals surface area contributed by atoms with E-state index in [4.69, 9.17) is 20.1 Å². The smallest absolute Gasteiger partial charge is 0.427 e. The van der Waals surface area contributed by atoms with Gasteiger partial charge in [-0.25, -0.2) is 0 Å². The SMILES string of the molecule is C.CB(O)O.CB(O)O.CBr.Cc1cscc1Br.Cc1cscc1C. The molecule has 4 nitrogen and oxygen atoms in total. The molecule has 0 aromatic carbocycles. The molecule has 0 atom stereocenters. The van der Waals surface area contributed by atoms with Crippen molar-refractivity contribution < 1.29 is 20.1 Å². The zero-order valence-electron chi connectivity index (χ0n) is 14.8. The van der Waals surface area contributed by atoms with Crippen molar-refractivity contribution in [1.82, 2.24) is 0 Å². The summed E-state index contributed by atoms with van der Waals surface area (Å²) < 4.78 is 1.22. The highest BCUT2D eigenvalue weighted by Gasteiger charge is 1.89. The van der Waals surface area contributed by atoms with Gasteiger partial charge >= 0.3 is 14.2 Å². The fraction of sp³-hybridized carbons (Fsp3) is 0.467. The number of halogens is 2. The second-order valence-electron chi connectivity index (χ2n) is 4.40. The highest BCUT2D eigenvalue weighted by molar-refractivity contribution is 9.10. The minimum absolute atomic E-state index is 0. The molecule has 10 heteroatoms. The second kappa shape index (κ2) is 22.4. The van der Waals surface area contributed by atoms with E-state index in [1.807, 2.05) is 5.83 Å². The molecule has 2 aromatic rings. The van der Waals surface area contributed by atoms with Crippen LogP contribution in [0.5, 0.6) is 0 Å². The maximum atomic E-state index is 7.61. The molecule has 0 bridgehead atoms. The van der Waals surface area contributed by atoms with Crippen LogP contribution in [-0.4, -0.2) is 40.2 Å². The molecule has 0 aliphatic rings. The molecule has 0 spiro atoms. The maximum absolute atomic E-state index is 7.61. The summed E-state index contributed by atoms with van der Waals surface area (Å²) in [6, 6.07) is 0. The van der Waals surface area contributed by atoms with E-state index in [2.05, 4.69) is 74.2 Å². The van der Waals surface area contributed by atoms with E-state index in [1.165, 1.54) is 34.8 Å². The average Bonchev–Trinajstić information content (AvgIpc) is 3.01. The Hall–Kier alpha value is 0.330. The van der Waals surface area contributed by atoms with Crippen LogP contribution in [0.4, 0.5) is 0 Å². The van der Waals surface area contributed by atoms with Crippen LogP contribution in [0.25, 0.3) is 0 Å². The summed E-state index contributed by atoms with van der Waals surface area (Å²) >= 11 is 9.80. The van der Waals surface area contributed by atoms with Gasteiger partial charge in [-0.1, -0.05) is 23.4 Å². The van der Waals surface area contributed by atoms with Crippen molar-refractivity contribution in [3.63, 3.8) is 0 Å². The Kier molecular flexibility index (Phi) is 29.5. The lowest BCUT2D eigenvalue weighted by Crippen LogP contribution is -2.00. The van der Waals surface area contributed by atoms with Crippen LogP contribution in [0, 0.1) is 20.8 Å². The Bertz CT molecular complexity index is 413. The highest BCUT2D eigenvalue weighted by atomic mass is 79.9. The number of thiophene rings is 2. The van der Waals surface area contributed by atoms with E-state index >= 15 is 0 Å². The first kappa shape index (κ1) is 33.0.